The van der Waals surface area contributed by atoms with Crippen LogP contribution in [0.15, 0.2) is 47.8 Å². The summed E-state index contributed by atoms with van der Waals surface area (Å²) in [6.07, 6.45) is 0.365. The molecule has 1 aromatic carbocycles. The maximum Gasteiger partial charge on any atom is 0.239 e. The van der Waals surface area contributed by atoms with Crippen LogP contribution in [-0.2, 0) is 11.2 Å². The van der Waals surface area contributed by atoms with Crippen molar-refractivity contribution in [2.45, 2.75) is 19.4 Å². The number of amides is 1. The van der Waals surface area contributed by atoms with E-state index in [4.69, 9.17) is 0 Å². The molecule has 2 aromatic rings. The summed E-state index contributed by atoms with van der Waals surface area (Å²) in [4.78, 5) is 15.3. The number of hydrogen-bond acceptors (Lipinski definition) is 4. The summed E-state index contributed by atoms with van der Waals surface area (Å²) in [6.45, 7) is 3.04. The molecule has 0 fully saturated rings. The smallest absolute Gasteiger partial charge is 0.239 e. The first-order valence-corrected chi connectivity index (χ1v) is 8.30. The Balaban J connectivity index is 1.85. The van der Waals surface area contributed by atoms with Crippen molar-refractivity contribution in [2.24, 2.45) is 0 Å². The van der Waals surface area contributed by atoms with Crippen molar-refractivity contribution in [1.29, 1.82) is 0 Å². The van der Waals surface area contributed by atoms with Gasteiger partial charge in [0.1, 0.15) is 0 Å². The standard InChI is InChI=1S/C17H22N2O2S/c1-14(20)12-19(15-6-3-2-4-7-15)13-17(21)18-10-9-16-8-5-11-22-16/h2-8,11,14,20H,9-10,12-13H2,1H3,(H,18,21)/t14-/m1/s1. The lowest BCUT2D eigenvalue weighted by molar-refractivity contribution is -0.119. The fourth-order valence-electron chi connectivity index (χ4n) is 2.23. The molecule has 1 heterocycles. The Bertz CT molecular complexity index is 555. The van der Waals surface area contributed by atoms with Crippen LogP contribution in [0, 0.1) is 0 Å². The highest BCUT2D eigenvalue weighted by Gasteiger charge is 2.13. The predicted molar refractivity (Wildman–Crippen MR) is 91.4 cm³/mol. The van der Waals surface area contributed by atoms with E-state index in [9.17, 15) is 9.90 Å². The van der Waals surface area contributed by atoms with Crippen LogP contribution in [0.5, 0.6) is 0 Å². The number of thiophene rings is 1. The summed E-state index contributed by atoms with van der Waals surface area (Å²) in [5.41, 5.74) is 0.941. The van der Waals surface area contributed by atoms with Crippen LogP contribution in [-0.4, -0.2) is 36.8 Å². The summed E-state index contributed by atoms with van der Waals surface area (Å²) in [5, 5.41) is 14.6. The summed E-state index contributed by atoms with van der Waals surface area (Å²) < 4.78 is 0. The van der Waals surface area contributed by atoms with Crippen LogP contribution in [0.25, 0.3) is 0 Å². The van der Waals surface area contributed by atoms with E-state index in [0.29, 0.717) is 13.1 Å². The molecule has 0 aliphatic carbocycles. The van der Waals surface area contributed by atoms with Gasteiger partial charge in [-0.3, -0.25) is 4.79 Å². The third kappa shape index (κ3) is 5.50. The molecule has 0 aliphatic rings. The van der Waals surface area contributed by atoms with E-state index in [2.05, 4.69) is 11.4 Å². The number of anilines is 1. The van der Waals surface area contributed by atoms with Crippen LogP contribution < -0.4 is 10.2 Å². The second kappa shape index (κ2) is 8.56. The lowest BCUT2D eigenvalue weighted by Crippen LogP contribution is -2.41. The van der Waals surface area contributed by atoms with Gasteiger partial charge in [-0.15, -0.1) is 11.3 Å². The van der Waals surface area contributed by atoms with Gasteiger partial charge in [-0.1, -0.05) is 24.3 Å². The van der Waals surface area contributed by atoms with E-state index in [1.807, 2.05) is 46.7 Å². The molecule has 0 unspecified atom stereocenters. The Morgan fingerprint density at radius 3 is 2.68 bits per heavy atom. The quantitative estimate of drug-likeness (QED) is 0.785. The molecule has 0 bridgehead atoms. The van der Waals surface area contributed by atoms with Crippen LogP contribution >= 0.6 is 11.3 Å². The highest BCUT2D eigenvalue weighted by atomic mass is 32.1. The average Bonchev–Trinajstić information content (AvgIpc) is 3.00. The van der Waals surface area contributed by atoms with Crippen LogP contribution in [0.4, 0.5) is 5.69 Å². The third-order valence-corrected chi connectivity index (χ3v) is 4.15. The number of para-hydroxylation sites is 1. The van der Waals surface area contributed by atoms with Crippen molar-refractivity contribution in [3.05, 3.63) is 52.7 Å². The van der Waals surface area contributed by atoms with Gasteiger partial charge < -0.3 is 15.3 Å². The minimum Gasteiger partial charge on any atom is -0.392 e. The van der Waals surface area contributed by atoms with E-state index in [1.54, 1.807) is 18.3 Å². The Morgan fingerprint density at radius 1 is 1.27 bits per heavy atom. The number of hydrogen-bond donors (Lipinski definition) is 2. The predicted octanol–water partition coefficient (Wildman–Crippen LogP) is 2.29. The van der Waals surface area contributed by atoms with Gasteiger partial charge in [-0.05, 0) is 36.9 Å². The van der Waals surface area contributed by atoms with Crippen molar-refractivity contribution in [2.75, 3.05) is 24.5 Å². The number of nitrogens with zero attached hydrogens (tertiary/aromatic N) is 1. The molecule has 1 amide bonds. The van der Waals surface area contributed by atoms with Crippen molar-refractivity contribution in [1.82, 2.24) is 5.32 Å². The molecule has 22 heavy (non-hydrogen) atoms. The largest absolute Gasteiger partial charge is 0.392 e. The highest BCUT2D eigenvalue weighted by molar-refractivity contribution is 7.09. The molecule has 2 rings (SSSR count). The molecule has 0 aliphatic heterocycles. The molecule has 5 heteroatoms. The normalized spacial score (nSPS) is 11.9. The fraction of sp³-hybridized carbons (Fsp3) is 0.353. The number of aliphatic hydroxyl groups excluding tert-OH is 1. The van der Waals surface area contributed by atoms with Crippen LogP contribution in [0.2, 0.25) is 0 Å². The number of benzene rings is 1. The maximum atomic E-state index is 12.1. The van der Waals surface area contributed by atoms with Gasteiger partial charge in [0.25, 0.3) is 0 Å². The third-order valence-electron chi connectivity index (χ3n) is 3.21. The topological polar surface area (TPSA) is 52.6 Å². The molecular formula is C17H22N2O2S. The molecule has 0 radical (unpaired) electrons. The average molecular weight is 318 g/mol. The Labute approximate surface area is 135 Å². The second-order valence-electron chi connectivity index (χ2n) is 5.24. The van der Waals surface area contributed by atoms with Crippen molar-refractivity contribution >= 4 is 22.9 Å². The van der Waals surface area contributed by atoms with Gasteiger partial charge in [0, 0.05) is 23.7 Å². The first-order chi connectivity index (χ1) is 10.6. The van der Waals surface area contributed by atoms with Gasteiger partial charge in [0.15, 0.2) is 0 Å². The fourth-order valence-corrected chi connectivity index (χ4v) is 2.94. The molecule has 0 saturated carbocycles. The SMILES string of the molecule is C[C@@H](O)CN(CC(=O)NCCc1cccs1)c1ccccc1. The lowest BCUT2D eigenvalue weighted by atomic mass is 10.2. The highest BCUT2D eigenvalue weighted by Crippen LogP contribution is 2.13. The minimum absolute atomic E-state index is 0.0268. The second-order valence-corrected chi connectivity index (χ2v) is 6.28. The van der Waals surface area contributed by atoms with Gasteiger partial charge in [-0.2, -0.15) is 0 Å². The molecule has 0 saturated heterocycles. The van der Waals surface area contributed by atoms with Gasteiger partial charge >= 0.3 is 0 Å². The maximum absolute atomic E-state index is 12.1. The zero-order valence-electron chi connectivity index (χ0n) is 12.7. The van der Waals surface area contributed by atoms with E-state index in [1.165, 1.54) is 4.88 Å². The van der Waals surface area contributed by atoms with Crippen LogP contribution in [0.3, 0.4) is 0 Å². The molecule has 1 atom stereocenters. The zero-order chi connectivity index (χ0) is 15.8. The molecule has 4 nitrogen and oxygen atoms in total. The number of carbonyl (C=O) groups is 1. The van der Waals surface area contributed by atoms with Crippen molar-refractivity contribution in [3.63, 3.8) is 0 Å². The molecule has 0 spiro atoms. The molecule has 1 aromatic heterocycles. The Kier molecular flexibility index (Phi) is 6.43. The van der Waals surface area contributed by atoms with Crippen molar-refractivity contribution < 1.29 is 9.90 Å². The first kappa shape index (κ1) is 16.5. The number of nitrogens with one attached hydrogen (secondary N) is 1. The number of carbonyl (C=O) groups excluding carboxylic acids is 1. The van der Waals surface area contributed by atoms with E-state index < -0.39 is 6.10 Å². The molecule has 2 N–H and O–H groups in total. The number of rotatable bonds is 8. The van der Waals surface area contributed by atoms with Crippen molar-refractivity contribution in [3.8, 4) is 0 Å². The van der Waals surface area contributed by atoms with Gasteiger partial charge in [0.2, 0.25) is 5.91 Å². The molecular weight excluding hydrogens is 296 g/mol. The Hall–Kier alpha value is -1.85. The summed E-state index contributed by atoms with van der Waals surface area (Å²) >= 11 is 1.70. The molecule has 118 valence electrons. The summed E-state index contributed by atoms with van der Waals surface area (Å²) in [7, 11) is 0. The number of aliphatic hydroxyl groups is 1. The Morgan fingerprint density at radius 2 is 2.05 bits per heavy atom. The summed E-state index contributed by atoms with van der Waals surface area (Å²) in [6, 6.07) is 13.8. The zero-order valence-corrected chi connectivity index (χ0v) is 13.6. The minimum atomic E-state index is -0.487. The summed E-state index contributed by atoms with van der Waals surface area (Å²) in [5.74, 6) is -0.0268. The lowest BCUT2D eigenvalue weighted by Gasteiger charge is -2.25. The van der Waals surface area contributed by atoms with E-state index in [0.717, 1.165) is 12.1 Å². The van der Waals surface area contributed by atoms with Gasteiger partial charge in [-0.25, -0.2) is 0 Å². The monoisotopic (exact) mass is 318 g/mol. The van der Waals surface area contributed by atoms with E-state index >= 15 is 0 Å². The van der Waals surface area contributed by atoms with Gasteiger partial charge in [0.05, 0.1) is 12.6 Å². The first-order valence-electron chi connectivity index (χ1n) is 7.42. The van der Waals surface area contributed by atoms with Crippen LogP contribution in [0.1, 0.15) is 11.8 Å². The van der Waals surface area contributed by atoms with E-state index in [-0.39, 0.29) is 12.5 Å².